The maximum Gasteiger partial charge on any atom is 0.342 e. The predicted molar refractivity (Wildman–Crippen MR) is 61.8 cm³/mol. The molecule has 0 N–H and O–H groups in total. The molecule has 7 heteroatoms. The maximum absolute atomic E-state index is 11.8. The summed E-state index contributed by atoms with van der Waals surface area (Å²) in [6.07, 6.45) is 0. The Morgan fingerprint density at radius 1 is 1.17 bits per heavy atom. The van der Waals surface area contributed by atoms with Crippen LogP contribution in [0.4, 0.5) is 0 Å². The van der Waals surface area contributed by atoms with Crippen LogP contribution in [0.5, 0.6) is 0 Å². The summed E-state index contributed by atoms with van der Waals surface area (Å²) in [5.74, 6) is -0.447. The molecule has 1 aromatic rings. The van der Waals surface area contributed by atoms with Crippen molar-refractivity contribution in [1.29, 1.82) is 0 Å². The predicted octanol–water partition coefficient (Wildman–Crippen LogP) is 0.562. The lowest BCUT2D eigenvalue weighted by atomic mass is 10.3. The van der Waals surface area contributed by atoms with Gasteiger partial charge >= 0.3 is 11.9 Å². The maximum atomic E-state index is 11.8. The van der Waals surface area contributed by atoms with Gasteiger partial charge in [0, 0.05) is 0 Å². The van der Waals surface area contributed by atoms with Crippen molar-refractivity contribution in [3.8, 4) is 0 Å². The highest BCUT2D eigenvalue weighted by Crippen LogP contribution is 2.13. The Bertz CT molecular complexity index is 423. The summed E-state index contributed by atoms with van der Waals surface area (Å²) in [4.78, 5) is 27.7. The van der Waals surface area contributed by atoms with E-state index >= 15 is 0 Å². The van der Waals surface area contributed by atoms with Crippen molar-refractivity contribution in [2.75, 3.05) is 13.2 Å². The summed E-state index contributed by atoms with van der Waals surface area (Å²) in [6.45, 7) is 7.03. The Morgan fingerprint density at radius 2 is 1.67 bits per heavy atom. The fourth-order valence-electron chi connectivity index (χ4n) is 1.52. The lowest BCUT2D eigenvalue weighted by Crippen LogP contribution is -2.32. The molecule has 0 aliphatic rings. The fourth-order valence-corrected chi connectivity index (χ4v) is 1.52. The normalized spacial score (nSPS) is 10.5. The molecule has 0 bridgehead atoms. The average Bonchev–Trinajstić information content (AvgIpc) is 2.59. The van der Waals surface area contributed by atoms with E-state index in [0.717, 1.165) is 0 Å². The second-order valence-electron chi connectivity index (χ2n) is 3.56. The summed E-state index contributed by atoms with van der Waals surface area (Å²) in [5, 5.41) is 4.02. The molecular weight excluding hydrogens is 238 g/mol. The molecule has 0 saturated heterocycles. The summed E-state index contributed by atoms with van der Waals surface area (Å²) in [5.41, 5.74) is 0. The van der Waals surface area contributed by atoms with Crippen LogP contribution in [0.1, 0.15) is 31.5 Å². The van der Waals surface area contributed by atoms with Gasteiger partial charge in [0.15, 0.2) is 0 Å². The topological polar surface area (TPSA) is 83.3 Å². The SMILES string of the molecule is CCOC(=O)C(C(=O)OCC)n1nc(C)nc1C. The van der Waals surface area contributed by atoms with Crippen LogP contribution >= 0.6 is 0 Å². The molecule has 0 saturated carbocycles. The molecule has 0 unspecified atom stereocenters. The molecule has 7 nitrogen and oxygen atoms in total. The van der Waals surface area contributed by atoms with Gasteiger partial charge in [-0.05, 0) is 27.7 Å². The van der Waals surface area contributed by atoms with Crippen LogP contribution < -0.4 is 0 Å². The highest BCUT2D eigenvalue weighted by molar-refractivity contribution is 5.97. The second kappa shape index (κ2) is 6.13. The Kier molecular flexibility index (Phi) is 4.82. The molecule has 1 aromatic heterocycles. The minimum absolute atomic E-state index is 0.182. The zero-order chi connectivity index (χ0) is 13.7. The minimum atomic E-state index is -1.23. The van der Waals surface area contributed by atoms with Crippen molar-refractivity contribution in [3.05, 3.63) is 11.6 Å². The Hall–Kier alpha value is -1.92. The zero-order valence-electron chi connectivity index (χ0n) is 11.0. The first-order valence-corrected chi connectivity index (χ1v) is 5.74. The van der Waals surface area contributed by atoms with Crippen molar-refractivity contribution in [2.24, 2.45) is 0 Å². The van der Waals surface area contributed by atoms with Crippen LogP contribution in [-0.2, 0) is 19.1 Å². The van der Waals surface area contributed by atoms with Crippen LogP contribution in [0.2, 0.25) is 0 Å². The van der Waals surface area contributed by atoms with Crippen molar-refractivity contribution < 1.29 is 19.1 Å². The van der Waals surface area contributed by atoms with E-state index in [0.29, 0.717) is 11.6 Å². The van der Waals surface area contributed by atoms with Crippen molar-refractivity contribution in [2.45, 2.75) is 33.7 Å². The molecule has 18 heavy (non-hydrogen) atoms. The largest absolute Gasteiger partial charge is 0.464 e. The molecule has 0 aliphatic heterocycles. The minimum Gasteiger partial charge on any atom is -0.464 e. The Balaban J connectivity index is 3.07. The standard InChI is InChI=1S/C11H17N3O4/c1-5-17-10(15)9(11(16)18-6-2)14-8(4)12-7(3)13-14/h9H,5-6H2,1-4H3. The third-order valence-corrected chi connectivity index (χ3v) is 2.17. The van der Waals surface area contributed by atoms with Gasteiger partial charge in [-0.15, -0.1) is 0 Å². The smallest absolute Gasteiger partial charge is 0.342 e. The molecule has 0 spiro atoms. The molecule has 0 radical (unpaired) electrons. The number of esters is 2. The van der Waals surface area contributed by atoms with Crippen LogP contribution in [0, 0.1) is 13.8 Å². The molecule has 1 rings (SSSR count). The molecular formula is C11H17N3O4. The second-order valence-corrected chi connectivity index (χ2v) is 3.56. The van der Waals surface area contributed by atoms with Crippen molar-refractivity contribution >= 4 is 11.9 Å². The summed E-state index contributed by atoms with van der Waals surface area (Å²) in [6, 6.07) is -1.23. The van der Waals surface area contributed by atoms with E-state index in [-0.39, 0.29) is 13.2 Å². The number of ether oxygens (including phenoxy) is 2. The van der Waals surface area contributed by atoms with Gasteiger partial charge in [-0.25, -0.2) is 19.3 Å². The van der Waals surface area contributed by atoms with Crippen LogP contribution in [0.3, 0.4) is 0 Å². The van der Waals surface area contributed by atoms with Gasteiger partial charge in [-0.2, -0.15) is 5.10 Å². The average molecular weight is 255 g/mol. The molecule has 100 valence electrons. The van der Waals surface area contributed by atoms with E-state index in [9.17, 15) is 9.59 Å². The molecule has 0 aliphatic carbocycles. The monoisotopic (exact) mass is 255 g/mol. The number of carbonyl (C=O) groups is 2. The first-order chi connectivity index (χ1) is 8.51. The Labute approximate surface area is 105 Å². The number of carbonyl (C=O) groups excluding carboxylic acids is 2. The van der Waals surface area contributed by atoms with E-state index in [4.69, 9.17) is 9.47 Å². The van der Waals surface area contributed by atoms with Gasteiger partial charge in [0.05, 0.1) is 13.2 Å². The van der Waals surface area contributed by atoms with Gasteiger partial charge in [-0.1, -0.05) is 0 Å². The fraction of sp³-hybridized carbons (Fsp3) is 0.636. The van der Waals surface area contributed by atoms with E-state index < -0.39 is 18.0 Å². The van der Waals surface area contributed by atoms with Gasteiger partial charge in [0.1, 0.15) is 11.6 Å². The number of hydrogen-bond acceptors (Lipinski definition) is 6. The van der Waals surface area contributed by atoms with E-state index in [1.165, 1.54) is 4.68 Å². The number of aromatic nitrogens is 3. The third kappa shape index (κ3) is 3.06. The Morgan fingerprint density at radius 3 is 2.00 bits per heavy atom. The van der Waals surface area contributed by atoms with E-state index in [1.54, 1.807) is 27.7 Å². The summed E-state index contributed by atoms with van der Waals surface area (Å²) >= 11 is 0. The van der Waals surface area contributed by atoms with E-state index in [1.807, 2.05) is 0 Å². The highest BCUT2D eigenvalue weighted by atomic mass is 16.6. The first-order valence-electron chi connectivity index (χ1n) is 5.74. The highest BCUT2D eigenvalue weighted by Gasteiger charge is 2.33. The van der Waals surface area contributed by atoms with Gasteiger partial charge in [0.2, 0.25) is 6.04 Å². The number of aryl methyl sites for hydroxylation is 2. The number of hydrogen-bond donors (Lipinski definition) is 0. The van der Waals surface area contributed by atoms with Crippen LogP contribution in [0.15, 0.2) is 0 Å². The van der Waals surface area contributed by atoms with Gasteiger partial charge < -0.3 is 9.47 Å². The number of nitrogens with zero attached hydrogens (tertiary/aromatic N) is 3. The molecule has 0 aromatic carbocycles. The summed E-state index contributed by atoms with van der Waals surface area (Å²) < 4.78 is 11.0. The first kappa shape index (κ1) is 14.1. The molecule has 0 fully saturated rings. The van der Waals surface area contributed by atoms with Crippen LogP contribution in [0.25, 0.3) is 0 Å². The molecule has 1 heterocycles. The third-order valence-electron chi connectivity index (χ3n) is 2.17. The molecule has 0 amide bonds. The zero-order valence-corrected chi connectivity index (χ0v) is 11.0. The van der Waals surface area contributed by atoms with Crippen molar-refractivity contribution in [3.63, 3.8) is 0 Å². The van der Waals surface area contributed by atoms with Crippen LogP contribution in [-0.4, -0.2) is 39.9 Å². The van der Waals surface area contributed by atoms with Gasteiger partial charge in [0.25, 0.3) is 0 Å². The molecule has 0 atom stereocenters. The van der Waals surface area contributed by atoms with E-state index in [2.05, 4.69) is 10.1 Å². The quantitative estimate of drug-likeness (QED) is 0.564. The lowest BCUT2D eigenvalue weighted by Gasteiger charge is -2.15. The summed E-state index contributed by atoms with van der Waals surface area (Å²) in [7, 11) is 0. The van der Waals surface area contributed by atoms with Crippen molar-refractivity contribution in [1.82, 2.24) is 14.8 Å². The lowest BCUT2D eigenvalue weighted by molar-refractivity contribution is -0.160. The number of rotatable bonds is 5. The van der Waals surface area contributed by atoms with Gasteiger partial charge in [-0.3, -0.25) is 0 Å².